The van der Waals surface area contributed by atoms with Crippen molar-refractivity contribution in [2.24, 2.45) is 0 Å². The molecule has 0 fully saturated rings. The number of halogens is 2. The number of aromatic nitrogens is 1. The van der Waals surface area contributed by atoms with Gasteiger partial charge in [0.25, 0.3) is 0 Å². The number of nitrogens with one attached hydrogen (secondary N) is 1. The number of fused-ring (bicyclic) bond motifs is 1. The fourth-order valence-corrected chi connectivity index (χ4v) is 2.24. The van der Waals surface area contributed by atoms with Crippen molar-refractivity contribution < 1.29 is 9.18 Å². The Labute approximate surface area is 113 Å². The Bertz CT molecular complexity index is 779. The lowest BCUT2D eigenvalue weighted by atomic mass is 10.0. The standard InChI is InChI=1S/C15H9ClFNO/c16-10-4-5-12-13(8-18-14(12)7-10)15(19)9-2-1-3-11(17)6-9/h1-8,18H. The first-order valence-electron chi connectivity index (χ1n) is 5.72. The second kappa shape index (κ2) is 4.52. The number of ketones is 1. The van der Waals surface area contributed by atoms with Gasteiger partial charge in [0.2, 0.25) is 0 Å². The third kappa shape index (κ3) is 2.13. The van der Waals surface area contributed by atoms with E-state index >= 15 is 0 Å². The molecule has 0 saturated heterocycles. The Kier molecular flexibility index (Phi) is 2.84. The summed E-state index contributed by atoms with van der Waals surface area (Å²) in [5.74, 6) is -0.637. The topological polar surface area (TPSA) is 32.9 Å². The molecule has 0 aliphatic heterocycles. The molecule has 0 aliphatic carbocycles. The molecule has 0 unspecified atom stereocenters. The van der Waals surface area contributed by atoms with Crippen LogP contribution in [0, 0.1) is 5.82 Å². The SMILES string of the molecule is O=C(c1cccc(F)c1)c1c[nH]c2cc(Cl)ccc12. The van der Waals surface area contributed by atoms with Gasteiger partial charge < -0.3 is 4.98 Å². The van der Waals surface area contributed by atoms with Crippen molar-refractivity contribution in [2.75, 3.05) is 0 Å². The molecule has 1 N–H and O–H groups in total. The summed E-state index contributed by atoms with van der Waals surface area (Å²) in [6.45, 7) is 0. The second-order valence-corrected chi connectivity index (χ2v) is 4.67. The van der Waals surface area contributed by atoms with Crippen LogP contribution in [0.3, 0.4) is 0 Å². The van der Waals surface area contributed by atoms with Crippen molar-refractivity contribution >= 4 is 28.3 Å². The fraction of sp³-hybridized carbons (Fsp3) is 0. The van der Waals surface area contributed by atoms with Crippen molar-refractivity contribution in [1.82, 2.24) is 4.98 Å². The lowest BCUT2D eigenvalue weighted by Gasteiger charge is -2.00. The summed E-state index contributed by atoms with van der Waals surface area (Å²) in [6, 6.07) is 10.9. The second-order valence-electron chi connectivity index (χ2n) is 4.23. The van der Waals surface area contributed by atoms with E-state index in [0.29, 0.717) is 16.1 Å². The number of carbonyl (C=O) groups excluding carboxylic acids is 1. The van der Waals surface area contributed by atoms with Crippen molar-refractivity contribution in [3.63, 3.8) is 0 Å². The van der Waals surface area contributed by atoms with Crippen LogP contribution >= 0.6 is 11.6 Å². The number of hydrogen-bond acceptors (Lipinski definition) is 1. The number of aromatic amines is 1. The van der Waals surface area contributed by atoms with E-state index in [1.165, 1.54) is 18.2 Å². The molecule has 94 valence electrons. The summed E-state index contributed by atoms with van der Waals surface area (Å²) in [5.41, 5.74) is 1.63. The summed E-state index contributed by atoms with van der Waals surface area (Å²) < 4.78 is 13.2. The Morgan fingerprint density at radius 3 is 2.79 bits per heavy atom. The molecule has 0 amide bonds. The zero-order valence-electron chi connectivity index (χ0n) is 9.78. The van der Waals surface area contributed by atoms with E-state index in [9.17, 15) is 9.18 Å². The van der Waals surface area contributed by atoms with Crippen LogP contribution in [0.4, 0.5) is 4.39 Å². The highest BCUT2D eigenvalue weighted by Crippen LogP contribution is 2.24. The molecule has 1 aromatic heterocycles. The summed E-state index contributed by atoms with van der Waals surface area (Å²) in [5, 5.41) is 1.37. The van der Waals surface area contributed by atoms with Crippen LogP contribution in [-0.4, -0.2) is 10.8 Å². The lowest BCUT2D eigenvalue weighted by Crippen LogP contribution is -2.00. The van der Waals surface area contributed by atoms with E-state index in [-0.39, 0.29) is 5.78 Å². The quantitative estimate of drug-likeness (QED) is 0.698. The monoisotopic (exact) mass is 273 g/mol. The molecule has 1 heterocycles. The maximum absolute atomic E-state index is 13.2. The summed E-state index contributed by atoms with van der Waals surface area (Å²) in [4.78, 5) is 15.3. The van der Waals surface area contributed by atoms with Gasteiger partial charge in [0.1, 0.15) is 5.82 Å². The van der Waals surface area contributed by atoms with Gasteiger partial charge in [0.05, 0.1) is 0 Å². The molecule has 0 spiro atoms. The van der Waals surface area contributed by atoms with Crippen LogP contribution in [0.2, 0.25) is 5.02 Å². The minimum atomic E-state index is -0.422. The first kappa shape index (κ1) is 11.9. The van der Waals surface area contributed by atoms with Crippen LogP contribution in [0.15, 0.2) is 48.7 Å². The highest BCUT2D eigenvalue weighted by Gasteiger charge is 2.14. The Balaban J connectivity index is 2.12. The van der Waals surface area contributed by atoms with E-state index in [4.69, 9.17) is 11.6 Å². The van der Waals surface area contributed by atoms with Crippen LogP contribution in [-0.2, 0) is 0 Å². The predicted molar refractivity (Wildman–Crippen MR) is 73.1 cm³/mol. The van der Waals surface area contributed by atoms with Gasteiger partial charge in [-0.2, -0.15) is 0 Å². The molecule has 2 aromatic carbocycles. The Morgan fingerprint density at radius 1 is 1.16 bits per heavy atom. The lowest BCUT2D eigenvalue weighted by molar-refractivity contribution is 0.104. The maximum Gasteiger partial charge on any atom is 0.195 e. The van der Waals surface area contributed by atoms with Gasteiger partial charge in [0.15, 0.2) is 5.78 Å². The molecule has 4 heteroatoms. The molecule has 19 heavy (non-hydrogen) atoms. The number of rotatable bonds is 2. The van der Waals surface area contributed by atoms with E-state index in [1.54, 1.807) is 30.5 Å². The molecule has 3 rings (SSSR count). The fourth-order valence-electron chi connectivity index (χ4n) is 2.07. The highest BCUT2D eigenvalue weighted by molar-refractivity contribution is 6.31. The average molecular weight is 274 g/mol. The van der Waals surface area contributed by atoms with E-state index in [0.717, 1.165) is 10.9 Å². The van der Waals surface area contributed by atoms with Crippen molar-refractivity contribution in [3.8, 4) is 0 Å². The molecule has 2 nitrogen and oxygen atoms in total. The number of H-pyrrole nitrogens is 1. The minimum absolute atomic E-state index is 0.215. The first-order chi connectivity index (χ1) is 9.15. The molecule has 0 atom stereocenters. The van der Waals surface area contributed by atoms with E-state index in [1.807, 2.05) is 0 Å². The summed E-state index contributed by atoms with van der Waals surface area (Å²) in [6.07, 6.45) is 1.62. The molecular weight excluding hydrogens is 265 g/mol. The van der Waals surface area contributed by atoms with Gasteiger partial charge in [-0.3, -0.25) is 4.79 Å². The molecular formula is C15H9ClFNO. The largest absolute Gasteiger partial charge is 0.360 e. The normalized spacial score (nSPS) is 10.8. The third-order valence-electron chi connectivity index (χ3n) is 2.98. The zero-order chi connectivity index (χ0) is 13.4. The molecule has 0 saturated carbocycles. The van der Waals surface area contributed by atoms with Crippen LogP contribution < -0.4 is 0 Å². The van der Waals surface area contributed by atoms with Gasteiger partial charge in [0, 0.05) is 33.2 Å². The number of hydrogen-bond donors (Lipinski definition) is 1. The predicted octanol–water partition coefficient (Wildman–Crippen LogP) is 4.19. The van der Waals surface area contributed by atoms with Gasteiger partial charge in [-0.15, -0.1) is 0 Å². The van der Waals surface area contributed by atoms with Crippen LogP contribution in [0.1, 0.15) is 15.9 Å². The van der Waals surface area contributed by atoms with Crippen LogP contribution in [0.5, 0.6) is 0 Å². The molecule has 0 bridgehead atoms. The van der Waals surface area contributed by atoms with Crippen LogP contribution in [0.25, 0.3) is 10.9 Å². The Hall–Kier alpha value is -2.13. The van der Waals surface area contributed by atoms with Crippen molar-refractivity contribution in [2.45, 2.75) is 0 Å². The van der Waals surface area contributed by atoms with Gasteiger partial charge in [-0.1, -0.05) is 29.8 Å². The smallest absolute Gasteiger partial charge is 0.195 e. The molecule has 3 aromatic rings. The number of benzene rings is 2. The van der Waals surface area contributed by atoms with E-state index in [2.05, 4.69) is 4.98 Å². The Morgan fingerprint density at radius 2 is 2.00 bits per heavy atom. The van der Waals surface area contributed by atoms with Gasteiger partial charge in [-0.25, -0.2) is 4.39 Å². The first-order valence-corrected chi connectivity index (χ1v) is 6.10. The summed E-state index contributed by atoms with van der Waals surface area (Å²) in [7, 11) is 0. The van der Waals surface area contributed by atoms with Gasteiger partial charge >= 0.3 is 0 Å². The van der Waals surface area contributed by atoms with Crippen molar-refractivity contribution in [3.05, 3.63) is 70.6 Å². The molecule has 0 radical (unpaired) electrons. The zero-order valence-corrected chi connectivity index (χ0v) is 10.5. The third-order valence-corrected chi connectivity index (χ3v) is 3.21. The highest BCUT2D eigenvalue weighted by atomic mass is 35.5. The maximum atomic E-state index is 13.2. The number of carbonyl (C=O) groups is 1. The summed E-state index contributed by atoms with van der Waals surface area (Å²) >= 11 is 5.89. The molecule has 0 aliphatic rings. The van der Waals surface area contributed by atoms with E-state index < -0.39 is 5.82 Å². The van der Waals surface area contributed by atoms with Crippen molar-refractivity contribution in [1.29, 1.82) is 0 Å². The van der Waals surface area contributed by atoms with Gasteiger partial charge in [-0.05, 0) is 24.3 Å². The minimum Gasteiger partial charge on any atom is -0.360 e. The average Bonchev–Trinajstić information content (AvgIpc) is 2.80.